The van der Waals surface area contributed by atoms with Crippen LogP contribution in [0.25, 0.3) is 0 Å². The lowest BCUT2D eigenvalue weighted by Gasteiger charge is -2.33. The van der Waals surface area contributed by atoms with Crippen molar-refractivity contribution in [2.75, 3.05) is 13.2 Å². The van der Waals surface area contributed by atoms with E-state index in [1.54, 1.807) is 6.92 Å². The third-order valence-corrected chi connectivity index (χ3v) is 4.27. The van der Waals surface area contributed by atoms with Crippen molar-refractivity contribution in [3.63, 3.8) is 0 Å². The second-order valence-corrected chi connectivity index (χ2v) is 6.41. The van der Waals surface area contributed by atoms with Gasteiger partial charge in [0, 0.05) is 18.1 Å². The molecule has 0 fully saturated rings. The zero-order valence-corrected chi connectivity index (χ0v) is 15.8. The van der Waals surface area contributed by atoms with Gasteiger partial charge in [-0.1, -0.05) is 12.1 Å². The van der Waals surface area contributed by atoms with E-state index in [2.05, 4.69) is 15.0 Å². The van der Waals surface area contributed by atoms with Crippen molar-refractivity contribution in [2.24, 2.45) is 0 Å². The maximum Gasteiger partial charge on any atom is 0.573 e. The van der Waals surface area contributed by atoms with E-state index in [1.807, 2.05) is 0 Å². The molecule has 1 aromatic carbocycles. The first-order valence-electron chi connectivity index (χ1n) is 8.89. The van der Waals surface area contributed by atoms with E-state index in [0.29, 0.717) is 12.1 Å². The van der Waals surface area contributed by atoms with Crippen LogP contribution in [0.15, 0.2) is 30.5 Å². The lowest BCUT2D eigenvalue weighted by Crippen LogP contribution is -2.51. The van der Waals surface area contributed by atoms with Crippen LogP contribution in [0, 0.1) is 10.1 Å². The van der Waals surface area contributed by atoms with Crippen LogP contribution in [-0.4, -0.2) is 51.0 Å². The van der Waals surface area contributed by atoms with Crippen LogP contribution in [-0.2, 0) is 13.1 Å². The summed E-state index contributed by atoms with van der Waals surface area (Å²) in [7, 11) is 0. The summed E-state index contributed by atoms with van der Waals surface area (Å²) in [5, 5.41) is 13.6. The lowest BCUT2D eigenvalue weighted by molar-refractivity contribution is -0.389. The average molecular weight is 429 g/mol. The molecule has 162 valence electrons. The molecule has 30 heavy (non-hydrogen) atoms. The Morgan fingerprint density at radius 2 is 2.13 bits per heavy atom. The van der Waals surface area contributed by atoms with Gasteiger partial charge in [-0.3, -0.25) is 4.57 Å². The zero-order chi connectivity index (χ0) is 21.9. The first-order valence-corrected chi connectivity index (χ1v) is 8.89. The number of imidazole rings is 1. The summed E-state index contributed by atoms with van der Waals surface area (Å²) in [6.45, 7) is 2.46. The second kappa shape index (κ2) is 8.47. The van der Waals surface area contributed by atoms with Crippen molar-refractivity contribution in [1.82, 2.24) is 19.8 Å². The number of hydrogen-bond acceptors (Lipinski definition) is 6. The number of carbonyl (C=O) groups excluding carboxylic acids is 1. The number of nitrogens with one attached hydrogen (secondary N) is 1. The summed E-state index contributed by atoms with van der Waals surface area (Å²) in [6, 6.07) is 4.36. The van der Waals surface area contributed by atoms with Crippen LogP contribution in [0.3, 0.4) is 0 Å². The summed E-state index contributed by atoms with van der Waals surface area (Å²) in [5.74, 6) is -0.734. The van der Waals surface area contributed by atoms with Gasteiger partial charge in [-0.15, -0.1) is 13.2 Å². The number of nitrogens with zero attached hydrogens (tertiary/aromatic N) is 4. The van der Waals surface area contributed by atoms with E-state index in [4.69, 9.17) is 4.74 Å². The molecule has 1 atom stereocenters. The zero-order valence-electron chi connectivity index (χ0n) is 15.8. The van der Waals surface area contributed by atoms with E-state index in [9.17, 15) is 28.1 Å². The number of alkyl halides is 3. The van der Waals surface area contributed by atoms with Crippen molar-refractivity contribution in [3.8, 4) is 11.8 Å². The predicted molar refractivity (Wildman–Crippen MR) is 95.9 cm³/mol. The predicted octanol–water partition coefficient (Wildman–Crippen LogP) is 2.68. The smallest absolute Gasteiger partial charge is 0.444 e. The molecule has 0 unspecified atom stereocenters. The Morgan fingerprint density at radius 1 is 1.43 bits per heavy atom. The van der Waals surface area contributed by atoms with Crippen molar-refractivity contribution < 1.29 is 32.4 Å². The van der Waals surface area contributed by atoms with Gasteiger partial charge < -0.3 is 29.8 Å². The fourth-order valence-corrected chi connectivity index (χ4v) is 2.97. The first-order chi connectivity index (χ1) is 14.2. The van der Waals surface area contributed by atoms with Gasteiger partial charge in [0.15, 0.2) is 0 Å². The number of amides is 2. The molecule has 0 spiro atoms. The van der Waals surface area contributed by atoms with Crippen LogP contribution in [0.2, 0.25) is 0 Å². The number of nitro groups is 1. The van der Waals surface area contributed by atoms with E-state index >= 15 is 0 Å². The SMILES string of the molecule is CCNC(=O)N(Cc1ccc(OC(F)(F)F)cc1)[C@@H]1COc2nc([N+](=O)[O-])cn2C1. The molecule has 2 heterocycles. The van der Waals surface area contributed by atoms with Gasteiger partial charge in [0.25, 0.3) is 0 Å². The molecule has 0 saturated heterocycles. The Bertz CT molecular complexity index is 915. The number of rotatable bonds is 6. The molecule has 10 nitrogen and oxygen atoms in total. The summed E-state index contributed by atoms with van der Waals surface area (Å²) in [5.41, 5.74) is 0.568. The minimum absolute atomic E-state index is 0.0561. The highest BCUT2D eigenvalue weighted by molar-refractivity contribution is 5.74. The highest BCUT2D eigenvalue weighted by atomic mass is 19.4. The fourth-order valence-electron chi connectivity index (χ4n) is 2.97. The van der Waals surface area contributed by atoms with Gasteiger partial charge in [-0.25, -0.2) is 4.79 Å². The van der Waals surface area contributed by atoms with Crippen molar-refractivity contribution in [3.05, 3.63) is 46.1 Å². The maximum absolute atomic E-state index is 12.6. The van der Waals surface area contributed by atoms with Gasteiger partial charge in [-0.05, 0) is 29.5 Å². The minimum atomic E-state index is -4.79. The monoisotopic (exact) mass is 429 g/mol. The number of halogens is 3. The normalized spacial score (nSPS) is 15.7. The van der Waals surface area contributed by atoms with Crippen molar-refractivity contribution in [1.29, 1.82) is 0 Å². The number of fused-ring (bicyclic) bond motifs is 1. The van der Waals surface area contributed by atoms with Crippen LogP contribution in [0.4, 0.5) is 23.8 Å². The van der Waals surface area contributed by atoms with E-state index in [0.717, 1.165) is 12.1 Å². The molecule has 2 aromatic rings. The molecular weight excluding hydrogens is 411 g/mol. The second-order valence-electron chi connectivity index (χ2n) is 6.41. The Morgan fingerprint density at radius 3 is 2.73 bits per heavy atom. The van der Waals surface area contributed by atoms with Gasteiger partial charge in [-0.2, -0.15) is 0 Å². The lowest BCUT2D eigenvalue weighted by atomic mass is 10.1. The highest BCUT2D eigenvalue weighted by Gasteiger charge is 2.33. The summed E-state index contributed by atoms with van der Waals surface area (Å²) in [4.78, 5) is 28.1. The summed E-state index contributed by atoms with van der Waals surface area (Å²) in [6.07, 6.45) is -3.57. The van der Waals surface area contributed by atoms with Crippen LogP contribution in [0.1, 0.15) is 12.5 Å². The first kappa shape index (κ1) is 21.2. The molecule has 1 aliphatic rings. The van der Waals surface area contributed by atoms with E-state index < -0.39 is 23.4 Å². The molecular formula is C17H18F3N5O5. The largest absolute Gasteiger partial charge is 0.573 e. The molecule has 2 amide bonds. The van der Waals surface area contributed by atoms with E-state index in [1.165, 1.54) is 27.8 Å². The van der Waals surface area contributed by atoms with Gasteiger partial charge in [0.1, 0.15) is 18.6 Å². The quantitative estimate of drug-likeness (QED) is 0.558. The third-order valence-electron chi connectivity index (χ3n) is 4.27. The maximum atomic E-state index is 12.6. The number of ether oxygens (including phenoxy) is 2. The Hall–Kier alpha value is -3.51. The van der Waals surface area contributed by atoms with Crippen LogP contribution in [0.5, 0.6) is 11.8 Å². The fraction of sp³-hybridized carbons (Fsp3) is 0.412. The summed E-state index contributed by atoms with van der Waals surface area (Å²) < 4.78 is 47.7. The Kier molecular flexibility index (Phi) is 5.99. The molecule has 13 heteroatoms. The highest BCUT2D eigenvalue weighted by Crippen LogP contribution is 2.26. The number of benzene rings is 1. The average Bonchev–Trinajstić information content (AvgIpc) is 3.10. The molecule has 1 N–H and O–H groups in total. The number of urea groups is 1. The van der Waals surface area contributed by atoms with Crippen LogP contribution < -0.4 is 14.8 Å². The topological polar surface area (TPSA) is 112 Å². The van der Waals surface area contributed by atoms with Crippen molar-refractivity contribution in [2.45, 2.75) is 32.4 Å². The Labute approximate surface area is 168 Å². The number of carbonyl (C=O) groups is 1. The molecule has 0 aliphatic carbocycles. The molecule has 0 saturated carbocycles. The molecule has 1 aromatic heterocycles. The summed E-state index contributed by atoms with van der Waals surface area (Å²) >= 11 is 0. The number of hydrogen-bond donors (Lipinski definition) is 1. The van der Waals surface area contributed by atoms with E-state index in [-0.39, 0.29) is 37.3 Å². The molecule has 1 aliphatic heterocycles. The van der Waals surface area contributed by atoms with Gasteiger partial charge >= 0.3 is 24.2 Å². The molecule has 0 radical (unpaired) electrons. The molecule has 0 bridgehead atoms. The van der Waals surface area contributed by atoms with Gasteiger partial charge in [0.2, 0.25) is 0 Å². The third kappa shape index (κ3) is 5.10. The number of aromatic nitrogens is 2. The molecule has 3 rings (SSSR count). The van der Waals surface area contributed by atoms with Crippen LogP contribution >= 0.6 is 0 Å². The standard InChI is InChI=1S/C17H18F3N5O5/c1-2-21-15(26)24(7-11-3-5-13(6-4-11)30-17(18,19)20)12-8-23-9-14(25(27)28)22-16(23)29-10-12/h3-6,9,12H,2,7-8,10H2,1H3,(H,21,26)/t12-/m0/s1. The minimum Gasteiger partial charge on any atom is -0.444 e. The van der Waals surface area contributed by atoms with Crippen molar-refractivity contribution >= 4 is 11.8 Å². The Balaban J connectivity index is 1.76. The van der Waals surface area contributed by atoms with Gasteiger partial charge in [0.05, 0.1) is 12.6 Å².